The van der Waals surface area contributed by atoms with Crippen LogP contribution in [-0.2, 0) is 6.54 Å². The molecule has 0 saturated carbocycles. The number of hydrogen-bond donors (Lipinski definition) is 1. The number of amides is 1. The van der Waals surface area contributed by atoms with Gasteiger partial charge in [0.15, 0.2) is 10.8 Å². The third-order valence-corrected chi connectivity index (χ3v) is 5.32. The first-order chi connectivity index (χ1) is 13.4. The lowest BCUT2D eigenvalue weighted by Crippen LogP contribution is -2.29. The molecule has 0 aliphatic rings. The monoisotopic (exact) mass is 392 g/mol. The van der Waals surface area contributed by atoms with Crippen molar-refractivity contribution in [2.45, 2.75) is 27.3 Å². The van der Waals surface area contributed by atoms with Gasteiger partial charge in [-0.15, -0.1) is 0 Å². The number of nitrogens with one attached hydrogen (secondary N) is 1. The van der Waals surface area contributed by atoms with Crippen LogP contribution >= 0.6 is 11.3 Å². The van der Waals surface area contributed by atoms with Crippen molar-refractivity contribution < 1.29 is 4.79 Å². The van der Waals surface area contributed by atoms with Crippen LogP contribution in [0.25, 0.3) is 21.0 Å². The molecule has 0 fully saturated rings. The van der Waals surface area contributed by atoms with Gasteiger partial charge in [-0.25, -0.2) is 9.67 Å². The van der Waals surface area contributed by atoms with Crippen LogP contribution in [0.1, 0.15) is 29.9 Å². The molecule has 4 aromatic rings. The van der Waals surface area contributed by atoms with E-state index in [0.29, 0.717) is 22.4 Å². The topological polar surface area (TPSA) is 76.9 Å². The number of aryl methyl sites for hydroxylation is 1. The maximum atomic E-state index is 13.0. The van der Waals surface area contributed by atoms with E-state index < -0.39 is 0 Å². The first kappa shape index (κ1) is 18.3. The molecular formula is C21H20N4O2S. The third-order valence-electron chi connectivity index (χ3n) is 4.39. The maximum absolute atomic E-state index is 13.0. The highest BCUT2D eigenvalue weighted by atomic mass is 32.1. The van der Waals surface area contributed by atoms with Crippen molar-refractivity contribution in [3.05, 3.63) is 64.1 Å². The van der Waals surface area contributed by atoms with E-state index in [9.17, 15) is 9.59 Å². The van der Waals surface area contributed by atoms with Gasteiger partial charge in [0.1, 0.15) is 0 Å². The van der Waals surface area contributed by atoms with Gasteiger partial charge in [-0.1, -0.05) is 49.4 Å². The van der Waals surface area contributed by atoms with Gasteiger partial charge < -0.3 is 0 Å². The van der Waals surface area contributed by atoms with Crippen LogP contribution in [0.15, 0.2) is 47.3 Å². The Hall–Kier alpha value is -3.06. The average Bonchev–Trinajstić information content (AvgIpc) is 3.05. The Morgan fingerprint density at radius 2 is 1.93 bits per heavy atom. The van der Waals surface area contributed by atoms with Gasteiger partial charge in [0.25, 0.3) is 11.5 Å². The number of aromatic nitrogens is 3. The number of fused-ring (bicyclic) bond motifs is 2. The molecule has 7 heteroatoms. The lowest BCUT2D eigenvalue weighted by Gasteiger charge is -2.12. The van der Waals surface area contributed by atoms with Crippen molar-refractivity contribution in [2.24, 2.45) is 5.92 Å². The number of anilines is 1. The minimum absolute atomic E-state index is 0.184. The fourth-order valence-corrected chi connectivity index (χ4v) is 4.07. The standard InChI is InChI=1S/C21H20N4O2S/c1-12(2)11-25-20(27)15-7-5-4-6-14(15)18(24-25)19(26)23-21-22-16-9-8-13(3)10-17(16)28-21/h4-10,12H,11H2,1-3H3,(H,22,23,26). The van der Waals surface area contributed by atoms with E-state index >= 15 is 0 Å². The molecule has 0 bridgehead atoms. The molecule has 2 aromatic carbocycles. The normalized spacial score (nSPS) is 11.4. The predicted octanol–water partition coefficient (Wildman–Crippen LogP) is 4.22. The minimum Gasteiger partial charge on any atom is -0.296 e. The summed E-state index contributed by atoms with van der Waals surface area (Å²) in [5, 5.41) is 8.77. The molecule has 0 unspecified atom stereocenters. The molecule has 0 aliphatic carbocycles. The molecule has 0 spiro atoms. The van der Waals surface area contributed by atoms with Gasteiger partial charge in [0.2, 0.25) is 0 Å². The molecule has 2 aromatic heterocycles. The summed E-state index contributed by atoms with van der Waals surface area (Å²) in [7, 11) is 0. The molecule has 0 saturated heterocycles. The summed E-state index contributed by atoms with van der Waals surface area (Å²) < 4.78 is 2.39. The van der Waals surface area contributed by atoms with E-state index in [0.717, 1.165) is 15.8 Å². The molecular weight excluding hydrogens is 372 g/mol. The Bertz CT molecular complexity index is 1260. The molecule has 0 radical (unpaired) electrons. The molecule has 28 heavy (non-hydrogen) atoms. The lowest BCUT2D eigenvalue weighted by atomic mass is 10.1. The summed E-state index contributed by atoms with van der Waals surface area (Å²) in [6.45, 7) is 6.48. The zero-order valence-electron chi connectivity index (χ0n) is 15.9. The van der Waals surface area contributed by atoms with E-state index in [2.05, 4.69) is 15.4 Å². The number of thiazole rings is 1. The summed E-state index contributed by atoms with van der Waals surface area (Å²) in [5.41, 5.74) is 2.03. The van der Waals surface area contributed by atoms with Crippen LogP contribution in [0.2, 0.25) is 0 Å². The first-order valence-electron chi connectivity index (χ1n) is 9.11. The number of benzene rings is 2. The minimum atomic E-state index is -0.371. The predicted molar refractivity (Wildman–Crippen MR) is 113 cm³/mol. The Labute approximate surface area is 165 Å². The Kier molecular flexibility index (Phi) is 4.68. The van der Waals surface area contributed by atoms with Gasteiger partial charge in [-0.2, -0.15) is 5.10 Å². The summed E-state index contributed by atoms with van der Waals surface area (Å²) >= 11 is 1.42. The highest BCUT2D eigenvalue weighted by Gasteiger charge is 2.18. The fraction of sp³-hybridized carbons (Fsp3) is 0.238. The lowest BCUT2D eigenvalue weighted by molar-refractivity contribution is 0.102. The highest BCUT2D eigenvalue weighted by Crippen LogP contribution is 2.27. The van der Waals surface area contributed by atoms with Crippen molar-refractivity contribution in [3.63, 3.8) is 0 Å². The maximum Gasteiger partial charge on any atom is 0.278 e. The Morgan fingerprint density at radius 1 is 1.18 bits per heavy atom. The van der Waals surface area contributed by atoms with Gasteiger partial charge in [0.05, 0.1) is 15.6 Å². The quantitative estimate of drug-likeness (QED) is 0.564. The summed E-state index contributed by atoms with van der Waals surface area (Å²) in [6.07, 6.45) is 0. The molecule has 6 nitrogen and oxygen atoms in total. The molecule has 0 aliphatic heterocycles. The van der Waals surface area contributed by atoms with E-state index in [4.69, 9.17) is 0 Å². The van der Waals surface area contributed by atoms with Crippen molar-refractivity contribution in [1.29, 1.82) is 0 Å². The van der Waals surface area contributed by atoms with E-state index in [1.54, 1.807) is 24.3 Å². The number of nitrogens with zero attached hydrogens (tertiary/aromatic N) is 3. The van der Waals surface area contributed by atoms with E-state index in [1.165, 1.54) is 16.0 Å². The molecule has 2 heterocycles. The van der Waals surface area contributed by atoms with Crippen LogP contribution in [0.4, 0.5) is 5.13 Å². The highest BCUT2D eigenvalue weighted by molar-refractivity contribution is 7.22. The number of carbonyl (C=O) groups excluding carboxylic acids is 1. The van der Waals surface area contributed by atoms with Crippen molar-refractivity contribution in [1.82, 2.24) is 14.8 Å². The zero-order chi connectivity index (χ0) is 19.8. The number of hydrogen-bond acceptors (Lipinski definition) is 5. The van der Waals surface area contributed by atoms with Crippen LogP contribution in [0.5, 0.6) is 0 Å². The second-order valence-electron chi connectivity index (χ2n) is 7.22. The van der Waals surface area contributed by atoms with Crippen molar-refractivity contribution in [2.75, 3.05) is 5.32 Å². The van der Waals surface area contributed by atoms with Crippen molar-refractivity contribution >= 4 is 43.4 Å². The summed E-state index contributed by atoms with van der Waals surface area (Å²) in [4.78, 5) is 30.2. The van der Waals surface area contributed by atoms with E-state index in [-0.39, 0.29) is 23.1 Å². The first-order valence-corrected chi connectivity index (χ1v) is 9.92. The third kappa shape index (κ3) is 3.41. The van der Waals surface area contributed by atoms with Crippen molar-refractivity contribution in [3.8, 4) is 0 Å². The molecule has 1 amide bonds. The fourth-order valence-electron chi connectivity index (χ4n) is 3.11. The second-order valence-corrected chi connectivity index (χ2v) is 8.25. The Morgan fingerprint density at radius 3 is 2.68 bits per heavy atom. The number of rotatable bonds is 4. The molecule has 0 atom stereocenters. The SMILES string of the molecule is Cc1ccc2nc(NC(=O)c3nn(CC(C)C)c(=O)c4ccccc34)sc2c1. The zero-order valence-corrected chi connectivity index (χ0v) is 16.7. The largest absolute Gasteiger partial charge is 0.296 e. The molecule has 4 rings (SSSR count). The van der Waals surface area contributed by atoms with Crippen LogP contribution in [-0.4, -0.2) is 20.7 Å². The molecule has 142 valence electrons. The number of carbonyl (C=O) groups is 1. The molecule has 1 N–H and O–H groups in total. The van der Waals surface area contributed by atoms with E-state index in [1.807, 2.05) is 39.0 Å². The van der Waals surface area contributed by atoms with Crippen LogP contribution < -0.4 is 10.9 Å². The van der Waals surface area contributed by atoms with Gasteiger partial charge in [0, 0.05) is 11.9 Å². The van der Waals surface area contributed by atoms with Gasteiger partial charge >= 0.3 is 0 Å². The summed E-state index contributed by atoms with van der Waals surface area (Å²) in [5.74, 6) is -0.140. The smallest absolute Gasteiger partial charge is 0.278 e. The average molecular weight is 392 g/mol. The summed E-state index contributed by atoms with van der Waals surface area (Å²) in [6, 6.07) is 13.0. The van der Waals surface area contributed by atoms with Crippen LogP contribution in [0, 0.1) is 12.8 Å². The second kappa shape index (κ2) is 7.16. The Balaban J connectivity index is 1.77. The van der Waals surface area contributed by atoms with Gasteiger partial charge in [-0.05, 0) is 36.6 Å². The van der Waals surface area contributed by atoms with Crippen LogP contribution in [0.3, 0.4) is 0 Å². The van der Waals surface area contributed by atoms with Gasteiger partial charge in [-0.3, -0.25) is 14.9 Å².